The van der Waals surface area contributed by atoms with Gasteiger partial charge >= 0.3 is 0 Å². The van der Waals surface area contributed by atoms with Gasteiger partial charge in [0.05, 0.1) is 5.25 Å². The second-order valence-corrected chi connectivity index (χ2v) is 7.35. The number of nitrogens with one attached hydrogen (secondary N) is 2. The molecule has 0 aliphatic rings. The molecule has 0 saturated carbocycles. The standard InChI is InChI=1S/C14H24N2O3S/c1-12(2)20(18,19)16-10-5-3-4-9-15-13-7-6-8-14(17)11-13/h6-8,11-12,15-17H,3-5,9-10H2,1-2H3. The van der Waals surface area contributed by atoms with E-state index in [2.05, 4.69) is 10.0 Å². The maximum Gasteiger partial charge on any atom is 0.213 e. The van der Waals surface area contributed by atoms with Gasteiger partial charge in [0, 0.05) is 24.8 Å². The van der Waals surface area contributed by atoms with Crippen molar-refractivity contribution in [3.05, 3.63) is 24.3 Å². The zero-order valence-corrected chi connectivity index (χ0v) is 12.9. The van der Waals surface area contributed by atoms with Crippen LogP contribution in [0.4, 0.5) is 5.69 Å². The van der Waals surface area contributed by atoms with Gasteiger partial charge in [-0.15, -0.1) is 0 Å². The summed E-state index contributed by atoms with van der Waals surface area (Å²) in [7, 11) is -3.13. The van der Waals surface area contributed by atoms with Crippen molar-refractivity contribution in [2.24, 2.45) is 0 Å². The van der Waals surface area contributed by atoms with Crippen molar-refractivity contribution in [2.75, 3.05) is 18.4 Å². The first-order chi connectivity index (χ1) is 9.42. The molecule has 0 heterocycles. The Hall–Kier alpha value is -1.27. The second-order valence-electron chi connectivity index (χ2n) is 5.03. The average molecular weight is 300 g/mol. The van der Waals surface area contributed by atoms with E-state index in [1.807, 2.05) is 6.07 Å². The summed E-state index contributed by atoms with van der Waals surface area (Å²) in [6.45, 7) is 4.64. The van der Waals surface area contributed by atoms with Crippen molar-refractivity contribution < 1.29 is 13.5 Å². The third kappa shape index (κ3) is 6.25. The molecule has 0 fully saturated rings. The molecule has 0 saturated heterocycles. The molecule has 3 N–H and O–H groups in total. The topological polar surface area (TPSA) is 78.4 Å². The summed E-state index contributed by atoms with van der Waals surface area (Å²) >= 11 is 0. The smallest absolute Gasteiger partial charge is 0.213 e. The summed E-state index contributed by atoms with van der Waals surface area (Å²) < 4.78 is 25.6. The van der Waals surface area contributed by atoms with Gasteiger partial charge in [-0.25, -0.2) is 13.1 Å². The SMILES string of the molecule is CC(C)S(=O)(=O)NCCCCCNc1cccc(O)c1. The van der Waals surface area contributed by atoms with E-state index in [1.165, 1.54) is 0 Å². The molecule has 0 unspecified atom stereocenters. The van der Waals surface area contributed by atoms with Crippen molar-refractivity contribution >= 4 is 15.7 Å². The highest BCUT2D eigenvalue weighted by atomic mass is 32.2. The summed E-state index contributed by atoms with van der Waals surface area (Å²) in [5.74, 6) is 0.248. The van der Waals surface area contributed by atoms with E-state index >= 15 is 0 Å². The molecule has 0 atom stereocenters. The van der Waals surface area contributed by atoms with E-state index in [9.17, 15) is 13.5 Å². The molecule has 0 radical (unpaired) electrons. The van der Waals surface area contributed by atoms with Crippen molar-refractivity contribution in [2.45, 2.75) is 38.4 Å². The van der Waals surface area contributed by atoms with Gasteiger partial charge in [-0.3, -0.25) is 0 Å². The van der Waals surface area contributed by atoms with Crippen molar-refractivity contribution in [1.29, 1.82) is 0 Å². The number of rotatable bonds is 9. The van der Waals surface area contributed by atoms with Crippen LogP contribution in [0.15, 0.2) is 24.3 Å². The average Bonchev–Trinajstić information content (AvgIpc) is 2.37. The highest BCUT2D eigenvalue weighted by molar-refractivity contribution is 7.90. The number of aromatic hydroxyl groups is 1. The minimum Gasteiger partial charge on any atom is -0.508 e. The lowest BCUT2D eigenvalue weighted by molar-refractivity contribution is 0.475. The highest BCUT2D eigenvalue weighted by Crippen LogP contribution is 2.15. The predicted octanol–water partition coefficient (Wildman–Crippen LogP) is 2.30. The summed E-state index contributed by atoms with van der Waals surface area (Å²) in [6.07, 6.45) is 2.74. The second kappa shape index (κ2) is 8.11. The molecule has 0 bridgehead atoms. The van der Waals surface area contributed by atoms with E-state index in [0.717, 1.165) is 31.5 Å². The van der Waals surface area contributed by atoms with Crippen molar-refractivity contribution in [1.82, 2.24) is 4.72 Å². The van der Waals surface area contributed by atoms with Gasteiger partial charge in [-0.1, -0.05) is 12.5 Å². The van der Waals surface area contributed by atoms with E-state index in [0.29, 0.717) is 6.54 Å². The molecule has 1 aromatic rings. The van der Waals surface area contributed by atoms with Crippen LogP contribution in [0.3, 0.4) is 0 Å². The molecule has 1 rings (SSSR count). The Labute approximate surface area is 121 Å². The first-order valence-electron chi connectivity index (χ1n) is 6.93. The van der Waals surface area contributed by atoms with Gasteiger partial charge < -0.3 is 10.4 Å². The number of anilines is 1. The van der Waals surface area contributed by atoms with Crippen LogP contribution in [0.1, 0.15) is 33.1 Å². The minimum atomic E-state index is -3.13. The van der Waals surface area contributed by atoms with Crippen molar-refractivity contribution in [3.63, 3.8) is 0 Å². The van der Waals surface area contributed by atoms with Crippen molar-refractivity contribution in [3.8, 4) is 5.75 Å². The monoisotopic (exact) mass is 300 g/mol. The van der Waals surface area contributed by atoms with E-state index < -0.39 is 10.0 Å². The van der Waals surface area contributed by atoms with E-state index in [-0.39, 0.29) is 11.0 Å². The molecule has 1 aromatic carbocycles. The van der Waals surface area contributed by atoms with Crippen LogP contribution in [-0.4, -0.2) is 31.9 Å². The molecule has 0 amide bonds. The first-order valence-corrected chi connectivity index (χ1v) is 8.48. The maximum atomic E-state index is 11.5. The van der Waals surface area contributed by atoms with Gasteiger partial charge in [0.25, 0.3) is 0 Å². The Bertz CT molecular complexity index is 501. The predicted molar refractivity (Wildman–Crippen MR) is 82.5 cm³/mol. The Morgan fingerprint density at radius 3 is 2.50 bits per heavy atom. The Morgan fingerprint density at radius 2 is 1.85 bits per heavy atom. The first kappa shape index (κ1) is 16.8. The molecule has 6 heteroatoms. The van der Waals surface area contributed by atoms with Crippen LogP contribution < -0.4 is 10.0 Å². The largest absolute Gasteiger partial charge is 0.508 e. The van der Waals surface area contributed by atoms with Gasteiger partial charge in [-0.2, -0.15) is 0 Å². The van der Waals surface area contributed by atoms with Gasteiger partial charge in [-0.05, 0) is 38.8 Å². The Kier molecular flexibility index (Phi) is 6.81. The van der Waals surface area contributed by atoms with Crippen LogP contribution in [0.25, 0.3) is 0 Å². The van der Waals surface area contributed by atoms with Crippen LogP contribution in [0.2, 0.25) is 0 Å². The fourth-order valence-corrected chi connectivity index (χ4v) is 2.42. The molecular formula is C14H24N2O3S. The molecule has 0 aromatic heterocycles. The van der Waals surface area contributed by atoms with Crippen LogP contribution in [0.5, 0.6) is 5.75 Å². The highest BCUT2D eigenvalue weighted by Gasteiger charge is 2.13. The minimum absolute atomic E-state index is 0.248. The Morgan fingerprint density at radius 1 is 1.15 bits per heavy atom. The maximum absolute atomic E-state index is 11.5. The summed E-state index contributed by atoms with van der Waals surface area (Å²) in [4.78, 5) is 0. The Balaban J connectivity index is 2.09. The number of phenolic OH excluding ortho intramolecular Hbond substituents is 1. The lowest BCUT2D eigenvalue weighted by atomic mass is 10.2. The van der Waals surface area contributed by atoms with E-state index in [1.54, 1.807) is 32.0 Å². The third-order valence-corrected chi connectivity index (χ3v) is 4.80. The van der Waals surface area contributed by atoms with Crippen LogP contribution in [0, 0.1) is 0 Å². The third-order valence-electron chi connectivity index (χ3n) is 2.95. The fraction of sp³-hybridized carbons (Fsp3) is 0.571. The number of sulfonamides is 1. The van der Waals surface area contributed by atoms with E-state index in [4.69, 9.17) is 0 Å². The number of phenols is 1. The normalized spacial score (nSPS) is 11.8. The molecular weight excluding hydrogens is 276 g/mol. The fourth-order valence-electron chi connectivity index (χ4n) is 1.66. The summed E-state index contributed by atoms with van der Waals surface area (Å²) in [6, 6.07) is 7.00. The number of benzene rings is 1. The molecule has 114 valence electrons. The van der Waals surface area contributed by atoms with Crippen LogP contribution >= 0.6 is 0 Å². The molecule has 0 aliphatic carbocycles. The van der Waals surface area contributed by atoms with Gasteiger partial charge in [0.1, 0.15) is 5.75 Å². The van der Waals surface area contributed by atoms with Gasteiger partial charge in [0.15, 0.2) is 0 Å². The summed E-state index contributed by atoms with van der Waals surface area (Å²) in [5, 5.41) is 12.1. The number of hydrogen-bond donors (Lipinski definition) is 3. The quantitative estimate of drug-likeness (QED) is 0.611. The molecule has 5 nitrogen and oxygen atoms in total. The molecule has 0 spiro atoms. The lowest BCUT2D eigenvalue weighted by Crippen LogP contribution is -2.31. The number of hydrogen-bond acceptors (Lipinski definition) is 4. The van der Waals surface area contributed by atoms with Crippen LogP contribution in [-0.2, 0) is 10.0 Å². The summed E-state index contributed by atoms with van der Waals surface area (Å²) in [5.41, 5.74) is 0.894. The molecule has 20 heavy (non-hydrogen) atoms. The zero-order valence-electron chi connectivity index (χ0n) is 12.1. The number of unbranched alkanes of at least 4 members (excludes halogenated alkanes) is 2. The lowest BCUT2D eigenvalue weighted by Gasteiger charge is -2.09. The van der Waals surface area contributed by atoms with Gasteiger partial charge in [0.2, 0.25) is 10.0 Å². The molecule has 0 aliphatic heterocycles. The zero-order chi connectivity index (χ0) is 15.0.